The minimum atomic E-state index is -5.08. The summed E-state index contributed by atoms with van der Waals surface area (Å²) in [5.41, 5.74) is 7.26. The monoisotopic (exact) mass is 475 g/mol. The molecule has 2 aromatic heterocycles. The van der Waals surface area contributed by atoms with Gasteiger partial charge in [0.1, 0.15) is 0 Å². The number of benzene rings is 1. The predicted molar refractivity (Wildman–Crippen MR) is 102 cm³/mol. The number of carboxylic acids is 1. The van der Waals surface area contributed by atoms with Crippen LogP contribution in [0.3, 0.4) is 0 Å². The molecule has 1 aromatic carbocycles. The molecular weight excluding hydrogens is 460 g/mol. The highest BCUT2D eigenvalue weighted by Gasteiger charge is 2.38. The van der Waals surface area contributed by atoms with E-state index in [0.717, 1.165) is 11.8 Å². The zero-order chi connectivity index (χ0) is 24.7. The molecule has 0 unspecified atom stereocenters. The van der Waals surface area contributed by atoms with Crippen molar-refractivity contribution in [3.05, 3.63) is 47.4 Å². The zero-order valence-corrected chi connectivity index (χ0v) is 16.7. The van der Waals surface area contributed by atoms with E-state index in [1.807, 2.05) is 6.92 Å². The first-order valence-electron chi connectivity index (χ1n) is 9.17. The Labute approximate surface area is 181 Å². The minimum Gasteiger partial charge on any atom is -0.475 e. The molecule has 1 aliphatic heterocycles. The highest BCUT2D eigenvalue weighted by molar-refractivity contribution is 5.99. The van der Waals surface area contributed by atoms with E-state index in [-0.39, 0.29) is 17.4 Å². The molecule has 8 nitrogen and oxygen atoms in total. The number of hydrogen-bond donors (Lipinski definition) is 2. The van der Waals surface area contributed by atoms with Crippen LogP contribution >= 0.6 is 0 Å². The van der Waals surface area contributed by atoms with Gasteiger partial charge in [0.25, 0.3) is 5.91 Å². The smallest absolute Gasteiger partial charge is 0.475 e. The van der Waals surface area contributed by atoms with E-state index >= 15 is 0 Å². The van der Waals surface area contributed by atoms with Gasteiger partial charge in [-0.05, 0) is 24.6 Å². The standard InChI is InChI=1S/C17H14F3N5O.C2HF3O2/c1-2-24-7-10-5-9(3-4-11(10)16(24)26)12-6-22-15-14(21)23-13(8-25(12)15)17(18,19)20;3-2(4,5)1(6)7/h3-6,8H,2,7H2,1H3,(H2,21,23);(H,6,7). The number of nitrogen functional groups attached to an aromatic ring is 1. The predicted octanol–water partition coefficient (Wildman–Crippen LogP) is 3.61. The lowest BCUT2D eigenvalue weighted by Gasteiger charge is -2.10. The van der Waals surface area contributed by atoms with Crippen LogP contribution in [-0.4, -0.2) is 49.0 Å². The molecule has 0 atom stereocenters. The first-order valence-corrected chi connectivity index (χ1v) is 9.17. The number of imidazole rings is 1. The van der Waals surface area contributed by atoms with Gasteiger partial charge < -0.3 is 15.7 Å². The molecule has 14 heteroatoms. The molecule has 0 saturated heterocycles. The van der Waals surface area contributed by atoms with Gasteiger partial charge in [-0.3, -0.25) is 9.20 Å². The number of aliphatic carboxylic acids is 1. The van der Waals surface area contributed by atoms with Crippen molar-refractivity contribution in [2.45, 2.75) is 25.8 Å². The summed E-state index contributed by atoms with van der Waals surface area (Å²) in [5.74, 6) is -3.09. The van der Waals surface area contributed by atoms with Gasteiger partial charge in [0.15, 0.2) is 17.2 Å². The summed E-state index contributed by atoms with van der Waals surface area (Å²) in [5, 5.41) is 7.12. The number of halogens is 6. The number of aromatic nitrogens is 3. The molecule has 3 N–H and O–H groups in total. The van der Waals surface area contributed by atoms with Gasteiger partial charge in [0.2, 0.25) is 0 Å². The Hall–Kier alpha value is -3.84. The number of rotatable bonds is 2. The van der Waals surface area contributed by atoms with Gasteiger partial charge in [0.05, 0.1) is 11.9 Å². The maximum atomic E-state index is 13.0. The maximum absolute atomic E-state index is 13.0. The van der Waals surface area contributed by atoms with Crippen LogP contribution in [-0.2, 0) is 17.5 Å². The summed E-state index contributed by atoms with van der Waals surface area (Å²) >= 11 is 0. The van der Waals surface area contributed by atoms with Crippen molar-refractivity contribution in [3.63, 3.8) is 0 Å². The number of anilines is 1. The summed E-state index contributed by atoms with van der Waals surface area (Å²) in [7, 11) is 0. The number of hydrogen-bond acceptors (Lipinski definition) is 5. The third kappa shape index (κ3) is 4.68. The molecule has 1 aliphatic rings. The van der Waals surface area contributed by atoms with Crippen LogP contribution in [0.1, 0.15) is 28.5 Å². The summed E-state index contributed by atoms with van der Waals surface area (Å²) in [6, 6.07) is 5.19. The molecule has 4 rings (SSSR count). The Bertz CT molecular complexity index is 1240. The van der Waals surface area contributed by atoms with Gasteiger partial charge in [-0.1, -0.05) is 6.07 Å². The van der Waals surface area contributed by atoms with E-state index < -0.39 is 24.0 Å². The van der Waals surface area contributed by atoms with Crippen molar-refractivity contribution in [1.29, 1.82) is 0 Å². The number of amides is 1. The maximum Gasteiger partial charge on any atom is 0.490 e. The van der Waals surface area contributed by atoms with Crippen LogP contribution in [0.5, 0.6) is 0 Å². The molecule has 0 radical (unpaired) electrons. The lowest BCUT2D eigenvalue weighted by atomic mass is 10.0. The highest BCUT2D eigenvalue weighted by Crippen LogP contribution is 2.32. The summed E-state index contributed by atoms with van der Waals surface area (Å²) in [6.45, 7) is 2.96. The largest absolute Gasteiger partial charge is 0.490 e. The molecule has 0 fully saturated rings. The second-order valence-electron chi connectivity index (χ2n) is 6.84. The van der Waals surface area contributed by atoms with Gasteiger partial charge in [-0.2, -0.15) is 26.3 Å². The first kappa shape index (κ1) is 23.8. The third-order valence-electron chi connectivity index (χ3n) is 4.71. The van der Waals surface area contributed by atoms with Gasteiger partial charge in [0, 0.05) is 30.4 Å². The zero-order valence-electron chi connectivity index (χ0n) is 16.7. The fourth-order valence-corrected chi connectivity index (χ4v) is 3.16. The number of nitrogens with two attached hydrogens (primary N) is 1. The number of carboxylic acid groups (broad SMARTS) is 1. The lowest BCUT2D eigenvalue weighted by molar-refractivity contribution is -0.192. The van der Waals surface area contributed by atoms with Crippen LogP contribution < -0.4 is 5.73 Å². The topological polar surface area (TPSA) is 114 Å². The fourth-order valence-electron chi connectivity index (χ4n) is 3.16. The van der Waals surface area contributed by atoms with Crippen LogP contribution in [0.15, 0.2) is 30.6 Å². The Morgan fingerprint density at radius 1 is 1.21 bits per heavy atom. The van der Waals surface area contributed by atoms with Crippen LogP contribution in [0.2, 0.25) is 0 Å². The summed E-state index contributed by atoms with van der Waals surface area (Å²) in [6.07, 6.45) is -7.37. The normalized spacial score (nSPS) is 13.7. The van der Waals surface area contributed by atoms with Crippen molar-refractivity contribution in [2.75, 3.05) is 12.3 Å². The molecule has 176 valence electrons. The summed E-state index contributed by atoms with van der Waals surface area (Å²) < 4.78 is 72.2. The van der Waals surface area contributed by atoms with Crippen molar-refractivity contribution in [3.8, 4) is 11.3 Å². The Morgan fingerprint density at radius 3 is 2.39 bits per heavy atom. The molecule has 33 heavy (non-hydrogen) atoms. The fraction of sp³-hybridized carbons (Fsp3) is 0.263. The third-order valence-corrected chi connectivity index (χ3v) is 4.71. The second kappa shape index (κ2) is 8.26. The molecule has 3 heterocycles. The van der Waals surface area contributed by atoms with Gasteiger partial charge in [-0.15, -0.1) is 0 Å². The molecule has 0 aliphatic carbocycles. The van der Waals surface area contributed by atoms with Gasteiger partial charge in [-0.25, -0.2) is 14.8 Å². The van der Waals surface area contributed by atoms with E-state index in [4.69, 9.17) is 15.6 Å². The Balaban J connectivity index is 0.000000383. The van der Waals surface area contributed by atoms with E-state index in [9.17, 15) is 31.1 Å². The SMILES string of the molecule is CCN1Cc2cc(-c3cnc4c(N)nc(C(F)(F)F)cn34)ccc2C1=O.O=C(O)C(F)(F)F. The molecule has 0 bridgehead atoms. The average molecular weight is 475 g/mol. The number of nitrogens with zero attached hydrogens (tertiary/aromatic N) is 4. The molecule has 0 spiro atoms. The molecule has 3 aromatic rings. The molecule has 1 amide bonds. The highest BCUT2D eigenvalue weighted by atomic mass is 19.4. The van der Waals surface area contributed by atoms with Gasteiger partial charge >= 0.3 is 18.3 Å². The lowest BCUT2D eigenvalue weighted by Crippen LogP contribution is -2.22. The van der Waals surface area contributed by atoms with Crippen LogP contribution in [0.25, 0.3) is 16.9 Å². The van der Waals surface area contributed by atoms with Crippen molar-refractivity contribution < 1.29 is 41.0 Å². The average Bonchev–Trinajstić information content (AvgIpc) is 3.28. The van der Waals surface area contributed by atoms with E-state index in [0.29, 0.717) is 29.9 Å². The Morgan fingerprint density at radius 2 is 1.85 bits per heavy atom. The van der Waals surface area contributed by atoms with Crippen LogP contribution in [0.4, 0.5) is 32.2 Å². The van der Waals surface area contributed by atoms with Crippen molar-refractivity contribution in [1.82, 2.24) is 19.3 Å². The number of fused-ring (bicyclic) bond motifs is 2. The molecular formula is C19H15F6N5O3. The minimum absolute atomic E-state index is 0.0417. The second-order valence-corrected chi connectivity index (χ2v) is 6.84. The van der Waals surface area contributed by atoms with Crippen LogP contribution in [0, 0.1) is 0 Å². The Kier molecular flexibility index (Phi) is 5.96. The molecule has 0 saturated carbocycles. The number of carbonyl (C=O) groups excluding carboxylic acids is 1. The summed E-state index contributed by atoms with van der Waals surface area (Å²) in [4.78, 5) is 30.3. The van der Waals surface area contributed by atoms with Crippen molar-refractivity contribution in [2.24, 2.45) is 0 Å². The quantitative estimate of drug-likeness (QED) is 0.548. The van der Waals surface area contributed by atoms with E-state index in [1.54, 1.807) is 23.1 Å². The number of alkyl halides is 6. The van der Waals surface area contributed by atoms with E-state index in [1.165, 1.54) is 10.6 Å². The first-order chi connectivity index (χ1) is 15.2. The number of carbonyl (C=O) groups is 2. The van der Waals surface area contributed by atoms with E-state index in [2.05, 4.69) is 9.97 Å². The van der Waals surface area contributed by atoms with Crippen molar-refractivity contribution >= 4 is 23.3 Å².